The molecule has 21 heavy (non-hydrogen) atoms. The fraction of sp³-hybridized carbons (Fsp3) is 0.294. The van der Waals surface area contributed by atoms with E-state index in [2.05, 4.69) is 0 Å². The maximum Gasteiger partial charge on any atom is 0.130 e. The van der Waals surface area contributed by atoms with Crippen molar-refractivity contribution >= 4 is 0 Å². The summed E-state index contributed by atoms with van der Waals surface area (Å²) in [6.07, 6.45) is 0. The molecule has 0 aliphatic rings. The molecule has 2 aromatic carbocycles. The zero-order valence-electron chi connectivity index (χ0n) is 12.3. The number of hydrogen-bond donors (Lipinski definition) is 1. The molecule has 2 N–H and O–H groups in total. The van der Waals surface area contributed by atoms with Crippen molar-refractivity contribution in [3.05, 3.63) is 70.8 Å². The molecule has 2 nitrogen and oxygen atoms in total. The van der Waals surface area contributed by atoms with Crippen LogP contribution in [0, 0.1) is 18.6 Å². The first kappa shape index (κ1) is 15.6. The lowest BCUT2D eigenvalue weighted by atomic mass is 10.0. The number of halogens is 2. The lowest BCUT2D eigenvalue weighted by molar-refractivity contribution is 0.236. The highest BCUT2D eigenvalue weighted by Crippen LogP contribution is 2.24. The van der Waals surface area contributed by atoms with Crippen LogP contribution in [0.1, 0.15) is 22.7 Å². The molecule has 0 saturated heterocycles. The van der Waals surface area contributed by atoms with Gasteiger partial charge in [0.05, 0.1) is 0 Å². The van der Waals surface area contributed by atoms with Crippen molar-refractivity contribution in [1.82, 2.24) is 4.90 Å². The average Bonchev–Trinajstić information content (AvgIpc) is 2.44. The van der Waals surface area contributed by atoms with E-state index in [4.69, 9.17) is 5.73 Å². The zero-order valence-corrected chi connectivity index (χ0v) is 12.3. The molecular formula is C17H20F2N2. The highest BCUT2D eigenvalue weighted by atomic mass is 19.1. The Morgan fingerprint density at radius 1 is 1.14 bits per heavy atom. The molecule has 2 rings (SSSR count). The smallest absolute Gasteiger partial charge is 0.130 e. The number of likely N-dealkylation sites (N-methyl/N-ethyl adjacent to an activating group) is 1. The molecule has 4 heteroatoms. The molecule has 2 aromatic rings. The normalized spacial score (nSPS) is 12.7. The Hall–Kier alpha value is -1.78. The van der Waals surface area contributed by atoms with Gasteiger partial charge in [0.25, 0.3) is 0 Å². The van der Waals surface area contributed by atoms with Crippen LogP contribution in [0.2, 0.25) is 0 Å². The van der Waals surface area contributed by atoms with Gasteiger partial charge in [0.1, 0.15) is 11.6 Å². The number of aryl methyl sites for hydroxylation is 1. The monoisotopic (exact) mass is 290 g/mol. The minimum atomic E-state index is -0.575. The van der Waals surface area contributed by atoms with Crippen LogP contribution in [-0.4, -0.2) is 18.5 Å². The Morgan fingerprint density at radius 2 is 1.86 bits per heavy atom. The Kier molecular flexibility index (Phi) is 5.04. The van der Waals surface area contributed by atoms with Gasteiger partial charge in [-0.2, -0.15) is 0 Å². The maximum absolute atomic E-state index is 13.9. The Labute approximate surface area is 124 Å². The van der Waals surface area contributed by atoms with Gasteiger partial charge in [0, 0.05) is 30.8 Å². The number of nitrogens with two attached hydrogens (primary N) is 1. The number of nitrogens with zero attached hydrogens (tertiary/aromatic N) is 1. The number of rotatable bonds is 5. The summed E-state index contributed by atoms with van der Waals surface area (Å²) >= 11 is 0. The summed E-state index contributed by atoms with van der Waals surface area (Å²) in [7, 11) is 1.90. The van der Waals surface area contributed by atoms with E-state index >= 15 is 0 Å². The van der Waals surface area contributed by atoms with E-state index in [1.807, 2.05) is 43.1 Å². The standard InChI is InChI=1S/C17H20F2N2/c1-12-5-3-4-6-13(12)11-21(2)17(10-20)15-8-7-14(18)9-16(15)19/h3-9,17H,10-11,20H2,1-2H3. The fourth-order valence-corrected chi connectivity index (χ4v) is 2.48. The van der Waals surface area contributed by atoms with Gasteiger partial charge in [0.2, 0.25) is 0 Å². The van der Waals surface area contributed by atoms with Crippen molar-refractivity contribution in [3.63, 3.8) is 0 Å². The lowest BCUT2D eigenvalue weighted by Gasteiger charge is -2.28. The quantitative estimate of drug-likeness (QED) is 0.914. The van der Waals surface area contributed by atoms with Crippen molar-refractivity contribution in [2.75, 3.05) is 13.6 Å². The molecule has 0 heterocycles. The molecule has 0 amide bonds. The molecule has 0 saturated carbocycles. The number of benzene rings is 2. The van der Waals surface area contributed by atoms with Gasteiger partial charge in [-0.3, -0.25) is 4.90 Å². The van der Waals surface area contributed by atoms with Gasteiger partial charge in [0.15, 0.2) is 0 Å². The summed E-state index contributed by atoms with van der Waals surface area (Å²) in [6.45, 7) is 2.97. The predicted octanol–water partition coefficient (Wildman–Crippen LogP) is 3.41. The third-order valence-corrected chi connectivity index (χ3v) is 3.76. The van der Waals surface area contributed by atoms with Crippen LogP contribution < -0.4 is 5.73 Å². The molecule has 1 unspecified atom stereocenters. The SMILES string of the molecule is Cc1ccccc1CN(C)C(CN)c1ccc(F)cc1F. The number of hydrogen-bond acceptors (Lipinski definition) is 2. The topological polar surface area (TPSA) is 29.3 Å². The van der Waals surface area contributed by atoms with Gasteiger partial charge in [-0.1, -0.05) is 30.3 Å². The van der Waals surface area contributed by atoms with E-state index in [-0.39, 0.29) is 12.6 Å². The van der Waals surface area contributed by atoms with Crippen LogP contribution >= 0.6 is 0 Å². The van der Waals surface area contributed by atoms with Crippen molar-refractivity contribution in [2.24, 2.45) is 5.73 Å². The first-order valence-corrected chi connectivity index (χ1v) is 6.92. The summed E-state index contributed by atoms with van der Waals surface area (Å²) in [5.74, 6) is -1.13. The summed E-state index contributed by atoms with van der Waals surface area (Å²) in [4.78, 5) is 1.98. The van der Waals surface area contributed by atoms with E-state index in [9.17, 15) is 8.78 Å². The third kappa shape index (κ3) is 3.65. The van der Waals surface area contributed by atoms with Gasteiger partial charge >= 0.3 is 0 Å². The van der Waals surface area contributed by atoms with Crippen LogP contribution in [0.5, 0.6) is 0 Å². The van der Waals surface area contributed by atoms with Crippen LogP contribution in [-0.2, 0) is 6.54 Å². The molecule has 0 aliphatic heterocycles. The average molecular weight is 290 g/mol. The summed E-state index contributed by atoms with van der Waals surface area (Å²) in [5, 5.41) is 0. The van der Waals surface area contributed by atoms with Crippen molar-refractivity contribution in [2.45, 2.75) is 19.5 Å². The summed E-state index contributed by atoms with van der Waals surface area (Å²) in [6, 6.07) is 11.4. The third-order valence-electron chi connectivity index (χ3n) is 3.76. The Bertz CT molecular complexity index is 613. The minimum Gasteiger partial charge on any atom is -0.329 e. The minimum absolute atomic E-state index is 0.269. The first-order valence-electron chi connectivity index (χ1n) is 6.92. The predicted molar refractivity (Wildman–Crippen MR) is 80.8 cm³/mol. The fourth-order valence-electron chi connectivity index (χ4n) is 2.48. The van der Waals surface area contributed by atoms with Crippen molar-refractivity contribution < 1.29 is 8.78 Å². The Balaban J connectivity index is 2.22. The van der Waals surface area contributed by atoms with E-state index in [0.29, 0.717) is 12.1 Å². The molecule has 112 valence electrons. The maximum atomic E-state index is 13.9. The van der Waals surface area contributed by atoms with E-state index in [1.54, 1.807) is 0 Å². The molecule has 0 aliphatic carbocycles. The lowest BCUT2D eigenvalue weighted by Crippen LogP contribution is -2.31. The molecule has 0 bridgehead atoms. The first-order chi connectivity index (χ1) is 10.0. The van der Waals surface area contributed by atoms with Crippen LogP contribution in [0.25, 0.3) is 0 Å². The van der Waals surface area contributed by atoms with Crippen molar-refractivity contribution in [1.29, 1.82) is 0 Å². The summed E-state index contributed by atoms with van der Waals surface area (Å²) < 4.78 is 27.0. The molecule has 0 radical (unpaired) electrons. The van der Waals surface area contributed by atoms with Crippen LogP contribution in [0.15, 0.2) is 42.5 Å². The molecule has 0 aromatic heterocycles. The molecular weight excluding hydrogens is 270 g/mol. The molecule has 0 spiro atoms. The highest BCUT2D eigenvalue weighted by Gasteiger charge is 2.20. The second-order valence-electron chi connectivity index (χ2n) is 5.26. The largest absolute Gasteiger partial charge is 0.329 e. The van der Waals surface area contributed by atoms with Gasteiger partial charge < -0.3 is 5.73 Å². The van der Waals surface area contributed by atoms with Crippen LogP contribution in [0.3, 0.4) is 0 Å². The van der Waals surface area contributed by atoms with Gasteiger partial charge in [-0.25, -0.2) is 8.78 Å². The highest BCUT2D eigenvalue weighted by molar-refractivity contribution is 5.27. The second kappa shape index (κ2) is 6.78. The Morgan fingerprint density at radius 3 is 2.48 bits per heavy atom. The van der Waals surface area contributed by atoms with E-state index in [0.717, 1.165) is 6.07 Å². The van der Waals surface area contributed by atoms with Crippen LogP contribution in [0.4, 0.5) is 8.78 Å². The zero-order chi connectivity index (χ0) is 15.4. The van der Waals surface area contributed by atoms with Gasteiger partial charge in [-0.15, -0.1) is 0 Å². The second-order valence-corrected chi connectivity index (χ2v) is 5.26. The molecule has 1 atom stereocenters. The summed E-state index contributed by atoms with van der Waals surface area (Å²) in [5.41, 5.74) is 8.58. The van der Waals surface area contributed by atoms with Crippen molar-refractivity contribution in [3.8, 4) is 0 Å². The van der Waals surface area contributed by atoms with E-state index < -0.39 is 11.6 Å². The molecule has 0 fully saturated rings. The van der Waals surface area contributed by atoms with Gasteiger partial charge in [-0.05, 0) is 31.2 Å². The van der Waals surface area contributed by atoms with E-state index in [1.165, 1.54) is 23.3 Å².